The second kappa shape index (κ2) is 11.5. The van der Waals surface area contributed by atoms with Crippen molar-refractivity contribution < 1.29 is 38.1 Å². The number of nitrogens with one attached hydrogen (secondary N) is 2. The summed E-state index contributed by atoms with van der Waals surface area (Å²) in [5.74, 6) is -5.18. The number of benzene rings is 2. The van der Waals surface area contributed by atoms with Gasteiger partial charge in [-0.15, -0.1) is 0 Å². The molecule has 2 aromatic carbocycles. The second-order valence-electron chi connectivity index (χ2n) is 6.67. The highest BCUT2D eigenvalue weighted by molar-refractivity contribution is 6.02. The Kier molecular flexibility index (Phi) is 8.79. The highest BCUT2D eigenvalue weighted by Crippen LogP contribution is 2.28. The highest BCUT2D eigenvalue weighted by atomic mass is 16.8. The Morgan fingerprint density at radius 1 is 0.667 bits per heavy atom. The molecule has 0 aliphatic carbocycles. The lowest BCUT2D eigenvalue weighted by atomic mass is 10.2. The molecule has 0 bridgehead atoms. The van der Waals surface area contributed by atoms with Gasteiger partial charge >= 0.3 is 17.7 Å². The summed E-state index contributed by atoms with van der Waals surface area (Å²) in [5, 5.41) is 5.20. The zero-order valence-electron chi connectivity index (χ0n) is 18.8. The van der Waals surface area contributed by atoms with Crippen LogP contribution >= 0.6 is 0 Å². The molecule has 0 heterocycles. The summed E-state index contributed by atoms with van der Waals surface area (Å²) in [6, 6.07) is 11.9. The summed E-state index contributed by atoms with van der Waals surface area (Å²) in [6.07, 6.45) is 0. The second-order valence-corrected chi connectivity index (χ2v) is 6.67. The molecule has 2 N–H and O–H groups in total. The molecule has 0 radical (unpaired) electrons. The molecule has 0 aromatic heterocycles. The Hall–Kier alpha value is -4.08. The van der Waals surface area contributed by atoms with E-state index in [-0.39, 0.29) is 36.5 Å². The molecule has 33 heavy (non-hydrogen) atoms. The summed E-state index contributed by atoms with van der Waals surface area (Å²) in [6.45, 7) is 5.77. The zero-order valence-corrected chi connectivity index (χ0v) is 18.8. The molecule has 2 aromatic rings. The fourth-order valence-corrected chi connectivity index (χ4v) is 2.67. The van der Waals surface area contributed by atoms with E-state index in [1.54, 1.807) is 13.8 Å². The van der Waals surface area contributed by atoms with Crippen molar-refractivity contribution in [1.29, 1.82) is 0 Å². The topological polar surface area (TPSA) is 129 Å². The van der Waals surface area contributed by atoms with Gasteiger partial charge < -0.3 is 29.6 Å². The van der Waals surface area contributed by atoms with Crippen LogP contribution in [0.1, 0.15) is 27.7 Å². The van der Waals surface area contributed by atoms with E-state index in [9.17, 15) is 19.2 Å². The highest BCUT2D eigenvalue weighted by Gasteiger charge is 2.56. The third-order valence-corrected chi connectivity index (χ3v) is 3.96. The molecule has 2 amide bonds. The molecular weight excluding hydrogens is 432 g/mol. The zero-order chi connectivity index (χ0) is 24.4. The molecule has 0 unspecified atom stereocenters. The number of hydrogen-bond acceptors (Lipinski definition) is 8. The number of carbonyl (C=O) groups excluding carboxylic acids is 4. The normalized spacial score (nSPS) is 10.5. The summed E-state index contributed by atoms with van der Waals surface area (Å²) in [4.78, 5) is 48.3. The van der Waals surface area contributed by atoms with E-state index in [0.29, 0.717) is 11.4 Å². The summed E-state index contributed by atoms with van der Waals surface area (Å²) in [7, 11) is 0. The Morgan fingerprint density at radius 2 is 1.00 bits per heavy atom. The average Bonchev–Trinajstić information content (AvgIpc) is 2.75. The van der Waals surface area contributed by atoms with Crippen LogP contribution in [0.5, 0.6) is 11.5 Å². The van der Waals surface area contributed by atoms with E-state index in [0.717, 1.165) is 0 Å². The Labute approximate surface area is 191 Å². The first kappa shape index (κ1) is 25.2. The molecule has 0 spiro atoms. The number of carbonyl (C=O) groups is 4. The number of ether oxygens (including phenoxy) is 4. The first-order valence-electron chi connectivity index (χ1n) is 10.2. The fourth-order valence-electron chi connectivity index (χ4n) is 2.67. The van der Waals surface area contributed by atoms with Crippen molar-refractivity contribution in [3.63, 3.8) is 0 Å². The summed E-state index contributed by atoms with van der Waals surface area (Å²) in [5.41, 5.74) is 0.976. The predicted molar refractivity (Wildman–Crippen MR) is 119 cm³/mol. The summed E-state index contributed by atoms with van der Waals surface area (Å²) >= 11 is 0. The van der Waals surface area contributed by atoms with Gasteiger partial charge in [0.15, 0.2) is 0 Å². The number of amides is 2. The molecule has 0 saturated heterocycles. The average molecular weight is 458 g/mol. The Morgan fingerprint density at radius 3 is 1.27 bits per heavy atom. The van der Waals surface area contributed by atoms with Crippen LogP contribution in [0.25, 0.3) is 0 Å². The lowest BCUT2D eigenvalue weighted by Crippen LogP contribution is -2.58. The van der Waals surface area contributed by atoms with Crippen LogP contribution in [-0.2, 0) is 28.7 Å². The standard InChI is InChI=1S/C23H26N2O8/c1-5-30-21(28)23(22(29)31-6-2,32-19-11-7-17(8-12-19)24-15(3)26)33-20-13-9-18(10-14-20)25-16(4)27/h7-14H,5-6H2,1-4H3,(H,24,26)(H,25,27). The SMILES string of the molecule is CCOC(=O)C(Oc1ccc(NC(C)=O)cc1)(Oc1ccc(NC(C)=O)cc1)C(=O)OCC. The van der Waals surface area contributed by atoms with E-state index < -0.39 is 17.7 Å². The minimum absolute atomic E-state index is 0.0460. The lowest BCUT2D eigenvalue weighted by Gasteiger charge is -2.30. The molecule has 0 aliphatic heterocycles. The number of rotatable bonds is 10. The van der Waals surface area contributed by atoms with Crippen molar-refractivity contribution in [2.24, 2.45) is 0 Å². The lowest BCUT2D eigenvalue weighted by molar-refractivity contribution is -0.209. The monoisotopic (exact) mass is 458 g/mol. The number of anilines is 2. The maximum Gasteiger partial charge on any atom is 0.453 e. The first-order chi connectivity index (χ1) is 15.7. The summed E-state index contributed by atoms with van der Waals surface area (Å²) < 4.78 is 21.6. The third kappa shape index (κ3) is 6.96. The van der Waals surface area contributed by atoms with Crippen molar-refractivity contribution in [3.8, 4) is 11.5 Å². The van der Waals surface area contributed by atoms with Crippen molar-refractivity contribution in [2.75, 3.05) is 23.8 Å². The maximum absolute atomic E-state index is 12.9. The van der Waals surface area contributed by atoms with Crippen LogP contribution in [0, 0.1) is 0 Å². The molecule has 176 valence electrons. The van der Waals surface area contributed by atoms with Gasteiger partial charge in [0.25, 0.3) is 0 Å². The molecule has 0 atom stereocenters. The first-order valence-corrected chi connectivity index (χ1v) is 10.2. The third-order valence-electron chi connectivity index (χ3n) is 3.96. The number of hydrogen-bond donors (Lipinski definition) is 2. The molecule has 10 heteroatoms. The van der Waals surface area contributed by atoms with Gasteiger partial charge in [-0.3, -0.25) is 9.59 Å². The van der Waals surface area contributed by atoms with Gasteiger partial charge in [-0.05, 0) is 62.4 Å². The molecule has 0 aliphatic rings. The van der Waals surface area contributed by atoms with E-state index >= 15 is 0 Å². The van der Waals surface area contributed by atoms with Gasteiger partial charge in [0.05, 0.1) is 13.2 Å². The minimum atomic E-state index is -2.60. The van der Waals surface area contributed by atoms with Gasteiger partial charge in [-0.2, -0.15) is 0 Å². The van der Waals surface area contributed by atoms with Crippen LogP contribution in [-0.4, -0.2) is 42.8 Å². The van der Waals surface area contributed by atoms with Crippen LogP contribution in [0.3, 0.4) is 0 Å². The molecular formula is C23H26N2O8. The number of esters is 2. The quantitative estimate of drug-likeness (QED) is 0.316. The van der Waals surface area contributed by atoms with E-state index in [1.165, 1.54) is 62.4 Å². The van der Waals surface area contributed by atoms with Gasteiger partial charge in [0.1, 0.15) is 11.5 Å². The molecule has 0 fully saturated rings. The van der Waals surface area contributed by atoms with E-state index in [4.69, 9.17) is 18.9 Å². The molecule has 2 rings (SSSR count). The van der Waals surface area contributed by atoms with Crippen LogP contribution in [0.4, 0.5) is 11.4 Å². The predicted octanol–water partition coefficient (Wildman–Crippen LogP) is 2.88. The van der Waals surface area contributed by atoms with Gasteiger partial charge in [-0.25, -0.2) is 9.59 Å². The van der Waals surface area contributed by atoms with E-state index in [2.05, 4.69) is 10.6 Å². The van der Waals surface area contributed by atoms with Crippen LogP contribution < -0.4 is 20.1 Å². The van der Waals surface area contributed by atoms with Crippen LogP contribution in [0.15, 0.2) is 48.5 Å². The molecule has 0 saturated carbocycles. The van der Waals surface area contributed by atoms with Crippen molar-refractivity contribution in [1.82, 2.24) is 0 Å². The van der Waals surface area contributed by atoms with Gasteiger partial charge in [0, 0.05) is 25.2 Å². The maximum atomic E-state index is 12.9. The smallest absolute Gasteiger partial charge is 0.453 e. The Balaban J connectivity index is 2.44. The van der Waals surface area contributed by atoms with E-state index in [1.807, 2.05) is 0 Å². The molecule has 10 nitrogen and oxygen atoms in total. The van der Waals surface area contributed by atoms with Gasteiger partial charge in [0.2, 0.25) is 11.8 Å². The van der Waals surface area contributed by atoms with Crippen molar-refractivity contribution >= 4 is 35.1 Å². The minimum Gasteiger partial charge on any atom is -0.460 e. The fraction of sp³-hybridized carbons (Fsp3) is 0.304. The van der Waals surface area contributed by atoms with Gasteiger partial charge in [-0.1, -0.05) is 0 Å². The largest absolute Gasteiger partial charge is 0.460 e. The van der Waals surface area contributed by atoms with Crippen molar-refractivity contribution in [2.45, 2.75) is 33.5 Å². The van der Waals surface area contributed by atoms with Crippen molar-refractivity contribution in [3.05, 3.63) is 48.5 Å². The Bertz CT molecular complexity index is 905. The van der Waals surface area contributed by atoms with Crippen LogP contribution in [0.2, 0.25) is 0 Å².